The number of benzene rings is 3. The van der Waals surface area contributed by atoms with Crippen molar-refractivity contribution in [2.24, 2.45) is 0 Å². The van der Waals surface area contributed by atoms with Gasteiger partial charge < -0.3 is 19.5 Å². The molecule has 0 aliphatic carbocycles. The minimum absolute atomic E-state index is 0.116. The Morgan fingerprint density at radius 1 is 1.00 bits per heavy atom. The highest BCUT2D eigenvalue weighted by Crippen LogP contribution is 2.46. The van der Waals surface area contributed by atoms with E-state index in [1.807, 2.05) is 73.3 Å². The van der Waals surface area contributed by atoms with Crippen LogP contribution < -0.4 is 9.47 Å². The van der Waals surface area contributed by atoms with E-state index in [4.69, 9.17) is 9.47 Å². The molecule has 0 bridgehead atoms. The number of carbonyl (C=O) groups excluding carboxylic acids is 1. The lowest BCUT2D eigenvalue weighted by atomic mass is 9.93. The molecule has 2 heterocycles. The second-order valence-electron chi connectivity index (χ2n) is 9.11. The predicted octanol–water partition coefficient (Wildman–Crippen LogP) is 5.20. The molecule has 184 valence electrons. The van der Waals surface area contributed by atoms with Crippen LogP contribution in [0.1, 0.15) is 44.3 Å². The van der Waals surface area contributed by atoms with E-state index >= 15 is 0 Å². The van der Waals surface area contributed by atoms with Gasteiger partial charge in [-0.2, -0.15) is 5.10 Å². The van der Waals surface area contributed by atoms with Crippen molar-refractivity contribution >= 4 is 5.91 Å². The van der Waals surface area contributed by atoms with Crippen LogP contribution in [-0.4, -0.2) is 46.9 Å². The summed E-state index contributed by atoms with van der Waals surface area (Å²) >= 11 is 0. The Labute approximate surface area is 210 Å². The number of aromatic nitrogens is 2. The zero-order chi connectivity index (χ0) is 25.4. The SMILES string of the molecule is COc1ccc(CCN2C(=O)c3[nH]nc(-c4c(C)cc(C)cc4O)c3C2c2cccc(OC)c2)cc1. The molecule has 1 aliphatic heterocycles. The van der Waals surface area contributed by atoms with Gasteiger partial charge in [0, 0.05) is 17.7 Å². The van der Waals surface area contributed by atoms with Gasteiger partial charge in [-0.25, -0.2) is 0 Å². The molecule has 1 aromatic heterocycles. The number of carbonyl (C=O) groups is 1. The molecule has 5 rings (SSSR count). The summed E-state index contributed by atoms with van der Waals surface area (Å²) in [6.07, 6.45) is 0.679. The van der Waals surface area contributed by atoms with Gasteiger partial charge in [0.2, 0.25) is 0 Å². The highest BCUT2D eigenvalue weighted by molar-refractivity contribution is 6.00. The fourth-order valence-corrected chi connectivity index (χ4v) is 5.07. The first-order valence-corrected chi connectivity index (χ1v) is 11.9. The van der Waals surface area contributed by atoms with Gasteiger partial charge in [0.1, 0.15) is 28.6 Å². The van der Waals surface area contributed by atoms with E-state index in [-0.39, 0.29) is 17.7 Å². The van der Waals surface area contributed by atoms with Crippen molar-refractivity contribution < 1.29 is 19.4 Å². The minimum atomic E-state index is -0.380. The summed E-state index contributed by atoms with van der Waals surface area (Å²) in [7, 11) is 3.27. The average Bonchev–Trinajstić information content (AvgIpc) is 3.41. The Morgan fingerprint density at radius 3 is 2.44 bits per heavy atom. The van der Waals surface area contributed by atoms with Gasteiger partial charge in [0.25, 0.3) is 5.91 Å². The maximum atomic E-state index is 13.7. The van der Waals surface area contributed by atoms with E-state index in [0.29, 0.717) is 35.7 Å². The monoisotopic (exact) mass is 483 g/mol. The van der Waals surface area contributed by atoms with Crippen LogP contribution in [0.25, 0.3) is 11.3 Å². The van der Waals surface area contributed by atoms with Crippen LogP contribution in [0.3, 0.4) is 0 Å². The quantitative estimate of drug-likeness (QED) is 0.377. The van der Waals surface area contributed by atoms with E-state index in [1.54, 1.807) is 20.3 Å². The summed E-state index contributed by atoms with van der Waals surface area (Å²) in [6.45, 7) is 4.39. The minimum Gasteiger partial charge on any atom is -0.507 e. The molecule has 1 unspecified atom stereocenters. The molecule has 0 radical (unpaired) electrons. The van der Waals surface area contributed by atoms with E-state index < -0.39 is 0 Å². The summed E-state index contributed by atoms with van der Waals surface area (Å²) in [5.74, 6) is 1.54. The van der Waals surface area contributed by atoms with Gasteiger partial charge in [-0.15, -0.1) is 0 Å². The number of aryl methyl sites for hydroxylation is 2. The fraction of sp³-hybridized carbons (Fsp3) is 0.241. The number of aromatic hydroxyl groups is 1. The third kappa shape index (κ3) is 4.06. The highest BCUT2D eigenvalue weighted by atomic mass is 16.5. The molecular formula is C29H29N3O4. The Bertz CT molecular complexity index is 1400. The van der Waals surface area contributed by atoms with Gasteiger partial charge in [-0.3, -0.25) is 9.89 Å². The number of phenols is 1. The van der Waals surface area contributed by atoms with Crippen LogP contribution in [0.4, 0.5) is 0 Å². The van der Waals surface area contributed by atoms with Crippen molar-refractivity contribution in [3.05, 3.63) is 94.2 Å². The molecule has 4 aromatic rings. The van der Waals surface area contributed by atoms with Crippen LogP contribution in [-0.2, 0) is 6.42 Å². The molecule has 36 heavy (non-hydrogen) atoms. The third-order valence-corrected chi connectivity index (χ3v) is 6.77. The number of nitrogens with one attached hydrogen (secondary N) is 1. The second kappa shape index (κ2) is 9.41. The summed E-state index contributed by atoms with van der Waals surface area (Å²) in [4.78, 5) is 15.5. The molecule has 0 spiro atoms. The van der Waals surface area contributed by atoms with E-state index in [1.165, 1.54) is 0 Å². The standard InChI is InChI=1S/C29H29N3O4/c1-17-14-18(2)24(23(33)15-17)26-25-27(31-30-26)29(34)32(13-12-19-8-10-21(35-3)11-9-19)28(25)20-6-5-7-22(16-20)36-4/h5-11,14-16,28,33H,12-13H2,1-4H3,(H,30,31). The van der Waals surface area contributed by atoms with Crippen molar-refractivity contribution in [1.29, 1.82) is 0 Å². The van der Waals surface area contributed by atoms with Crippen LogP contribution in [0.15, 0.2) is 60.7 Å². The molecule has 1 atom stereocenters. The number of phenolic OH excluding ortho intramolecular Hbond substituents is 1. The molecule has 3 aromatic carbocycles. The zero-order valence-corrected chi connectivity index (χ0v) is 20.8. The normalized spacial score (nSPS) is 14.7. The van der Waals surface area contributed by atoms with Gasteiger partial charge in [0.05, 0.1) is 20.3 Å². The number of nitrogens with zero attached hydrogens (tertiary/aromatic N) is 2. The third-order valence-electron chi connectivity index (χ3n) is 6.77. The Balaban J connectivity index is 1.59. The van der Waals surface area contributed by atoms with Crippen LogP contribution in [0.5, 0.6) is 17.2 Å². The molecule has 0 fully saturated rings. The van der Waals surface area contributed by atoms with Gasteiger partial charge in [-0.1, -0.05) is 30.3 Å². The van der Waals surface area contributed by atoms with E-state index in [0.717, 1.165) is 33.6 Å². The summed E-state index contributed by atoms with van der Waals surface area (Å²) in [6, 6.07) is 19.0. The molecule has 1 aliphatic rings. The largest absolute Gasteiger partial charge is 0.507 e. The van der Waals surface area contributed by atoms with Crippen LogP contribution in [0.2, 0.25) is 0 Å². The molecule has 0 saturated carbocycles. The molecule has 2 N–H and O–H groups in total. The Hall–Kier alpha value is -4.26. The number of rotatable bonds is 7. The molecule has 1 amide bonds. The number of aromatic amines is 1. The highest BCUT2D eigenvalue weighted by Gasteiger charge is 2.42. The van der Waals surface area contributed by atoms with Crippen LogP contribution >= 0.6 is 0 Å². The van der Waals surface area contributed by atoms with E-state index in [9.17, 15) is 9.90 Å². The molecular weight excluding hydrogens is 454 g/mol. The lowest BCUT2D eigenvalue weighted by Crippen LogP contribution is -2.31. The van der Waals surface area contributed by atoms with Gasteiger partial charge in [-0.05, 0) is 72.9 Å². The van der Waals surface area contributed by atoms with Crippen LogP contribution in [0, 0.1) is 13.8 Å². The fourth-order valence-electron chi connectivity index (χ4n) is 5.07. The lowest BCUT2D eigenvalue weighted by molar-refractivity contribution is 0.0745. The van der Waals surface area contributed by atoms with Crippen molar-refractivity contribution in [2.75, 3.05) is 20.8 Å². The number of ether oxygens (including phenoxy) is 2. The number of hydrogen-bond donors (Lipinski definition) is 2. The maximum absolute atomic E-state index is 13.7. The molecule has 0 saturated heterocycles. The lowest BCUT2D eigenvalue weighted by Gasteiger charge is -2.27. The van der Waals surface area contributed by atoms with Gasteiger partial charge in [0.15, 0.2) is 0 Å². The summed E-state index contributed by atoms with van der Waals surface area (Å²) < 4.78 is 10.8. The van der Waals surface area contributed by atoms with Crippen molar-refractivity contribution in [1.82, 2.24) is 15.1 Å². The number of fused-ring (bicyclic) bond motifs is 1. The molecule has 7 heteroatoms. The van der Waals surface area contributed by atoms with Crippen molar-refractivity contribution in [2.45, 2.75) is 26.3 Å². The van der Waals surface area contributed by atoms with Gasteiger partial charge >= 0.3 is 0 Å². The summed E-state index contributed by atoms with van der Waals surface area (Å²) in [5, 5.41) is 18.4. The first-order chi connectivity index (χ1) is 17.4. The van der Waals surface area contributed by atoms with Crippen molar-refractivity contribution in [3.8, 4) is 28.5 Å². The number of hydrogen-bond acceptors (Lipinski definition) is 5. The maximum Gasteiger partial charge on any atom is 0.273 e. The Kier molecular flexibility index (Phi) is 6.14. The van der Waals surface area contributed by atoms with E-state index in [2.05, 4.69) is 10.2 Å². The topological polar surface area (TPSA) is 87.7 Å². The number of amides is 1. The first-order valence-electron chi connectivity index (χ1n) is 11.9. The summed E-state index contributed by atoms with van der Waals surface area (Å²) in [5.41, 5.74) is 6.33. The average molecular weight is 484 g/mol. The van der Waals surface area contributed by atoms with Crippen molar-refractivity contribution in [3.63, 3.8) is 0 Å². The number of methoxy groups -OCH3 is 2. The molecule has 7 nitrogen and oxygen atoms in total. The zero-order valence-electron chi connectivity index (χ0n) is 20.8. The Morgan fingerprint density at radius 2 is 1.75 bits per heavy atom. The second-order valence-corrected chi connectivity index (χ2v) is 9.11. The smallest absolute Gasteiger partial charge is 0.273 e. The number of H-pyrrole nitrogens is 1. The predicted molar refractivity (Wildman–Crippen MR) is 138 cm³/mol. The first kappa shape index (κ1) is 23.5.